The number of benzene rings is 4. The number of nitrogens with zero attached hydrogens (tertiary/aromatic N) is 3. The number of carbonyl (C=O) groups excluding carboxylic acids is 2. The number of halogens is 5. The summed E-state index contributed by atoms with van der Waals surface area (Å²) in [7, 11) is 3.97. The molecule has 0 bridgehead atoms. The number of fused-ring (bicyclic) bond motifs is 6. The Kier molecular flexibility index (Phi) is 8.34. The lowest BCUT2D eigenvalue weighted by molar-refractivity contribution is 0.0920. The minimum Gasteiger partial charge on any atom is -0.378 e. The molecule has 0 aliphatic carbocycles. The predicted octanol–water partition coefficient (Wildman–Crippen LogP) is 8.00. The lowest BCUT2D eigenvalue weighted by Crippen LogP contribution is -2.35. The van der Waals surface area contributed by atoms with Gasteiger partial charge in [0.05, 0.1) is 11.0 Å². The van der Waals surface area contributed by atoms with Gasteiger partial charge >= 0.3 is 0 Å². The molecule has 4 aromatic carbocycles. The Balaban J connectivity index is 0.000000157. The van der Waals surface area contributed by atoms with E-state index in [9.17, 15) is 27.2 Å². The number of hydrogen-bond donors (Lipinski definition) is 2. The number of nitrogens with one attached hydrogen (secondary N) is 2. The van der Waals surface area contributed by atoms with Gasteiger partial charge in [-0.15, -0.1) is 0 Å². The third-order valence-electron chi connectivity index (χ3n) is 9.41. The summed E-state index contributed by atoms with van der Waals surface area (Å²) in [5.41, 5.74) is 7.75. The normalized spacial score (nSPS) is 13.8. The molecular formula is C38H32ClF4N5O2. The zero-order valence-electron chi connectivity index (χ0n) is 27.6. The summed E-state index contributed by atoms with van der Waals surface area (Å²) in [6.45, 7) is 5.93. The Bertz CT molecular complexity index is 2360. The maximum atomic E-state index is 14.3. The van der Waals surface area contributed by atoms with Gasteiger partial charge in [-0.1, -0.05) is 23.7 Å². The van der Waals surface area contributed by atoms with Crippen LogP contribution in [0.5, 0.6) is 0 Å². The first-order chi connectivity index (χ1) is 23.8. The molecule has 2 N–H and O–H groups in total. The Morgan fingerprint density at radius 2 is 1.18 bits per heavy atom. The van der Waals surface area contributed by atoms with Crippen LogP contribution in [0.2, 0.25) is 5.02 Å². The molecule has 0 fully saturated rings. The Morgan fingerprint density at radius 1 is 0.680 bits per heavy atom. The molecule has 0 saturated carbocycles. The van der Waals surface area contributed by atoms with Crippen LogP contribution in [0.4, 0.5) is 23.2 Å². The molecule has 4 heterocycles. The fraction of sp³-hybridized carbons (Fsp3) is 0.211. The van der Waals surface area contributed by atoms with E-state index in [0.29, 0.717) is 53.7 Å². The highest BCUT2D eigenvalue weighted by Crippen LogP contribution is 2.39. The minimum atomic E-state index is -1.52. The molecule has 2 amide bonds. The highest BCUT2D eigenvalue weighted by Gasteiger charge is 2.27. The number of amides is 2. The molecule has 256 valence electrons. The Morgan fingerprint density at radius 3 is 1.70 bits per heavy atom. The van der Waals surface area contributed by atoms with Crippen molar-refractivity contribution in [3.05, 3.63) is 111 Å². The van der Waals surface area contributed by atoms with Gasteiger partial charge in [0, 0.05) is 72.9 Å². The fourth-order valence-electron chi connectivity index (χ4n) is 7.09. The van der Waals surface area contributed by atoms with Crippen molar-refractivity contribution in [2.45, 2.75) is 26.9 Å². The molecule has 2 aromatic heterocycles. The van der Waals surface area contributed by atoms with Crippen LogP contribution in [0.1, 0.15) is 32.1 Å². The second-order valence-corrected chi connectivity index (χ2v) is 13.1. The van der Waals surface area contributed by atoms with E-state index in [1.807, 2.05) is 59.3 Å². The van der Waals surface area contributed by atoms with E-state index in [1.54, 1.807) is 25.1 Å². The van der Waals surface area contributed by atoms with Crippen LogP contribution in [0.25, 0.3) is 44.1 Å². The predicted molar refractivity (Wildman–Crippen MR) is 188 cm³/mol. The van der Waals surface area contributed by atoms with Gasteiger partial charge in [-0.05, 0) is 84.6 Å². The molecule has 6 aromatic rings. The van der Waals surface area contributed by atoms with Crippen molar-refractivity contribution >= 4 is 50.9 Å². The van der Waals surface area contributed by atoms with Crippen molar-refractivity contribution < 1.29 is 27.2 Å². The first-order valence-corrected chi connectivity index (χ1v) is 16.4. The molecule has 50 heavy (non-hydrogen) atoms. The fourth-order valence-corrected chi connectivity index (χ4v) is 7.31. The van der Waals surface area contributed by atoms with Gasteiger partial charge in [-0.2, -0.15) is 0 Å². The summed E-state index contributed by atoms with van der Waals surface area (Å²) >= 11 is 6.19. The summed E-state index contributed by atoms with van der Waals surface area (Å²) in [5, 5.41) is 7.54. The Hall–Kier alpha value is -5.29. The van der Waals surface area contributed by atoms with Crippen molar-refractivity contribution in [2.75, 3.05) is 32.1 Å². The summed E-state index contributed by atoms with van der Waals surface area (Å²) < 4.78 is 58.9. The number of rotatable bonds is 3. The van der Waals surface area contributed by atoms with Crippen molar-refractivity contribution in [2.24, 2.45) is 0 Å². The number of aromatic nitrogens is 2. The third-order valence-corrected chi connectivity index (χ3v) is 9.63. The van der Waals surface area contributed by atoms with E-state index >= 15 is 0 Å². The number of hydrogen-bond acceptors (Lipinski definition) is 3. The van der Waals surface area contributed by atoms with Crippen LogP contribution in [0, 0.1) is 37.1 Å². The number of carbonyl (C=O) groups is 2. The topological polar surface area (TPSA) is 71.3 Å². The molecule has 12 heteroatoms. The largest absolute Gasteiger partial charge is 0.378 e. The van der Waals surface area contributed by atoms with Gasteiger partial charge in [0.2, 0.25) is 0 Å². The lowest BCUT2D eigenvalue weighted by atomic mass is 10.0. The quantitative estimate of drug-likeness (QED) is 0.145. The van der Waals surface area contributed by atoms with Crippen molar-refractivity contribution in [1.29, 1.82) is 0 Å². The summed E-state index contributed by atoms with van der Waals surface area (Å²) in [5.74, 6) is -4.65. The third kappa shape index (κ3) is 5.45. The van der Waals surface area contributed by atoms with Crippen molar-refractivity contribution in [1.82, 2.24) is 19.8 Å². The molecule has 2 aliphatic heterocycles. The van der Waals surface area contributed by atoms with E-state index in [-0.39, 0.29) is 23.2 Å². The van der Waals surface area contributed by atoms with Gasteiger partial charge in [0.15, 0.2) is 17.5 Å². The molecule has 0 unspecified atom stereocenters. The van der Waals surface area contributed by atoms with E-state index in [0.717, 1.165) is 56.4 Å². The molecule has 7 nitrogen and oxygen atoms in total. The van der Waals surface area contributed by atoms with Crippen LogP contribution in [-0.4, -0.2) is 48.1 Å². The maximum Gasteiger partial charge on any atom is 0.268 e. The zero-order chi connectivity index (χ0) is 35.6. The zero-order valence-corrected chi connectivity index (χ0v) is 28.4. The van der Waals surface area contributed by atoms with E-state index in [4.69, 9.17) is 11.6 Å². The molecule has 0 atom stereocenters. The second-order valence-electron chi connectivity index (χ2n) is 12.7. The summed E-state index contributed by atoms with van der Waals surface area (Å²) in [6.07, 6.45) is 0. The SMILES string of the molecule is Cc1c2n(c3c(-c4cc(F)c(F)c(F)c4)cc(Cl)cc13)CCNC2=O.Cc1c2n(c3c(-c4ccc(N(C)C)cc4)cc(F)cc13)CCNC2=O. The number of aryl methyl sites for hydroxylation is 2. The second kappa shape index (κ2) is 12.5. The summed E-state index contributed by atoms with van der Waals surface area (Å²) in [4.78, 5) is 26.6. The van der Waals surface area contributed by atoms with Gasteiger partial charge in [-0.25, -0.2) is 17.6 Å². The first kappa shape index (κ1) is 33.2. The molecule has 0 radical (unpaired) electrons. The first-order valence-electron chi connectivity index (χ1n) is 16.0. The molecule has 2 aliphatic rings. The van der Waals surface area contributed by atoms with E-state index < -0.39 is 17.5 Å². The average molecular weight is 702 g/mol. The highest BCUT2D eigenvalue weighted by atomic mass is 35.5. The van der Waals surface area contributed by atoms with Crippen LogP contribution >= 0.6 is 11.6 Å². The van der Waals surface area contributed by atoms with Gasteiger partial charge in [0.1, 0.15) is 17.2 Å². The van der Waals surface area contributed by atoms with Crippen molar-refractivity contribution in [3.63, 3.8) is 0 Å². The maximum absolute atomic E-state index is 14.3. The molecule has 0 spiro atoms. The molecular weight excluding hydrogens is 670 g/mol. The van der Waals surface area contributed by atoms with Gasteiger partial charge in [0.25, 0.3) is 11.8 Å². The molecule has 8 rings (SSSR count). The van der Waals surface area contributed by atoms with Gasteiger partial charge in [-0.3, -0.25) is 9.59 Å². The monoisotopic (exact) mass is 701 g/mol. The smallest absolute Gasteiger partial charge is 0.268 e. The summed E-state index contributed by atoms with van der Waals surface area (Å²) in [6, 6.07) is 16.3. The van der Waals surface area contributed by atoms with Crippen molar-refractivity contribution in [3.8, 4) is 22.3 Å². The number of anilines is 1. The van der Waals surface area contributed by atoms with Crippen LogP contribution in [0.3, 0.4) is 0 Å². The van der Waals surface area contributed by atoms with Gasteiger partial charge < -0.3 is 24.7 Å². The van der Waals surface area contributed by atoms with Crippen LogP contribution in [0.15, 0.2) is 60.7 Å². The minimum absolute atomic E-state index is 0.0886. The standard InChI is InChI=1S/C20H20FN3O.C18H12ClF3N2O/c1-12-16-10-14(21)11-17(13-4-6-15(7-5-13)23(2)3)19(16)24-9-8-22-20(25)18(12)24;1-8-11-6-10(19)7-12(9-4-13(20)15(22)14(21)5-9)17(11)24-3-2-23-18(25)16(8)24/h4-7,10-11H,8-9H2,1-3H3,(H,22,25);4-7H,2-3H2,1H3,(H,23,25). The van der Waals surface area contributed by atoms with Crippen LogP contribution < -0.4 is 15.5 Å². The van der Waals surface area contributed by atoms with E-state index in [2.05, 4.69) is 10.6 Å². The molecule has 0 saturated heterocycles. The van der Waals surface area contributed by atoms with Crippen LogP contribution in [-0.2, 0) is 13.1 Å². The average Bonchev–Trinajstić information content (AvgIpc) is 3.54. The van der Waals surface area contributed by atoms with E-state index in [1.165, 1.54) is 6.07 Å². The Labute approximate surface area is 290 Å². The highest BCUT2D eigenvalue weighted by molar-refractivity contribution is 6.32. The lowest BCUT2D eigenvalue weighted by Gasteiger charge is -2.19.